The van der Waals surface area contributed by atoms with Crippen LogP contribution in [-0.2, 0) is 0 Å². The lowest BCUT2D eigenvalue weighted by atomic mass is 10.2. The summed E-state index contributed by atoms with van der Waals surface area (Å²) in [5.74, 6) is 1.59. The molecule has 0 fully saturated rings. The van der Waals surface area contributed by atoms with Gasteiger partial charge in [0.05, 0.1) is 0 Å². The molecule has 19 heavy (non-hydrogen) atoms. The lowest BCUT2D eigenvalue weighted by Crippen LogP contribution is -1.90. The number of aryl methyl sites for hydroxylation is 1. The van der Waals surface area contributed by atoms with Crippen molar-refractivity contribution in [3.63, 3.8) is 0 Å². The van der Waals surface area contributed by atoms with Gasteiger partial charge in [0.15, 0.2) is 0 Å². The monoisotopic (exact) mass is 259 g/mol. The van der Waals surface area contributed by atoms with Crippen LogP contribution in [-0.4, -0.2) is 0 Å². The molecule has 2 heteroatoms. The van der Waals surface area contributed by atoms with Crippen LogP contribution in [0.2, 0.25) is 0 Å². The van der Waals surface area contributed by atoms with Gasteiger partial charge in [-0.3, -0.25) is 0 Å². The van der Waals surface area contributed by atoms with Crippen molar-refractivity contribution in [1.29, 1.82) is 0 Å². The Hall–Kier alpha value is -1.96. The number of rotatable bonds is 2. The molecule has 0 bridgehead atoms. The maximum Gasteiger partial charge on any atom is 0.129 e. The van der Waals surface area contributed by atoms with Crippen molar-refractivity contribution in [3.05, 3.63) is 54.1 Å². The number of nitrogen functional groups attached to an aromatic ring is 1. The van der Waals surface area contributed by atoms with Gasteiger partial charge in [-0.1, -0.05) is 52.0 Å². The van der Waals surface area contributed by atoms with E-state index in [9.17, 15) is 0 Å². The van der Waals surface area contributed by atoms with Gasteiger partial charge in [-0.05, 0) is 30.7 Å². The Balaban J connectivity index is 0.000000741. The molecule has 2 nitrogen and oxygen atoms in total. The van der Waals surface area contributed by atoms with Crippen molar-refractivity contribution >= 4 is 5.69 Å². The van der Waals surface area contributed by atoms with Crippen LogP contribution in [0.5, 0.6) is 11.5 Å². The van der Waals surface area contributed by atoms with Crippen LogP contribution in [0.1, 0.15) is 33.3 Å². The molecule has 0 spiro atoms. The number of hydrogen-bond donors (Lipinski definition) is 1. The smallest absolute Gasteiger partial charge is 0.129 e. The number of para-hydroxylation sites is 1. The molecular formula is C17H25NO. The second-order valence-corrected chi connectivity index (χ2v) is 3.43. The summed E-state index contributed by atoms with van der Waals surface area (Å²) in [4.78, 5) is 0. The molecule has 0 atom stereocenters. The van der Waals surface area contributed by atoms with Gasteiger partial charge < -0.3 is 10.5 Å². The third kappa shape index (κ3) is 5.96. The summed E-state index contributed by atoms with van der Waals surface area (Å²) in [6.07, 6.45) is 0. The molecule has 0 unspecified atom stereocenters. The van der Waals surface area contributed by atoms with Crippen molar-refractivity contribution in [2.75, 3.05) is 5.73 Å². The molecule has 0 saturated heterocycles. The molecule has 2 rings (SSSR count). The summed E-state index contributed by atoms with van der Waals surface area (Å²) in [7, 11) is 0. The Morgan fingerprint density at radius 3 is 1.89 bits per heavy atom. The number of nitrogens with two attached hydrogens (primary N) is 1. The Labute approximate surface area is 117 Å². The van der Waals surface area contributed by atoms with E-state index in [-0.39, 0.29) is 0 Å². The van der Waals surface area contributed by atoms with Gasteiger partial charge in [0.25, 0.3) is 0 Å². The van der Waals surface area contributed by atoms with Crippen molar-refractivity contribution in [3.8, 4) is 11.5 Å². The van der Waals surface area contributed by atoms with Crippen LogP contribution in [0.25, 0.3) is 0 Å². The highest BCUT2D eigenvalue weighted by atomic mass is 16.5. The fourth-order valence-electron chi connectivity index (χ4n) is 1.31. The van der Waals surface area contributed by atoms with Crippen molar-refractivity contribution in [2.24, 2.45) is 0 Å². The maximum atomic E-state index is 5.79. The lowest BCUT2D eigenvalue weighted by Gasteiger charge is -2.07. The van der Waals surface area contributed by atoms with Gasteiger partial charge in [-0.15, -0.1) is 0 Å². The molecule has 2 aromatic rings. The maximum absolute atomic E-state index is 5.79. The van der Waals surface area contributed by atoms with E-state index in [1.54, 1.807) is 0 Å². The average molecular weight is 259 g/mol. The van der Waals surface area contributed by atoms with E-state index >= 15 is 0 Å². The fourth-order valence-corrected chi connectivity index (χ4v) is 1.31. The minimum absolute atomic E-state index is 0.753. The summed E-state index contributed by atoms with van der Waals surface area (Å²) in [5, 5.41) is 0. The van der Waals surface area contributed by atoms with Crippen LogP contribution < -0.4 is 10.5 Å². The minimum atomic E-state index is 0.753. The van der Waals surface area contributed by atoms with Crippen LogP contribution in [0.3, 0.4) is 0 Å². The third-order valence-corrected chi connectivity index (χ3v) is 2.23. The van der Waals surface area contributed by atoms with Gasteiger partial charge in [0.2, 0.25) is 0 Å². The molecule has 0 aliphatic heterocycles. The first-order valence-corrected chi connectivity index (χ1v) is 6.85. The van der Waals surface area contributed by atoms with Crippen molar-refractivity contribution in [1.82, 2.24) is 0 Å². The first-order chi connectivity index (χ1) is 9.25. The molecule has 0 radical (unpaired) electrons. The first-order valence-electron chi connectivity index (χ1n) is 6.85. The standard InChI is InChI=1S/C13H13NO.2C2H6/c1-10-7-8-12(9-13(10)14)15-11-5-3-2-4-6-11;2*1-2/h2-9H,14H2,1H3;2*1-2H3. The third-order valence-electron chi connectivity index (χ3n) is 2.23. The Morgan fingerprint density at radius 1 is 0.789 bits per heavy atom. The number of anilines is 1. The second-order valence-electron chi connectivity index (χ2n) is 3.43. The molecule has 2 N–H and O–H groups in total. The topological polar surface area (TPSA) is 35.2 Å². The average Bonchev–Trinajstić information content (AvgIpc) is 2.48. The van der Waals surface area contributed by atoms with Gasteiger partial charge >= 0.3 is 0 Å². The zero-order chi connectivity index (χ0) is 14.7. The Kier molecular flexibility index (Phi) is 8.98. The molecule has 0 aromatic heterocycles. The van der Waals surface area contributed by atoms with Crippen LogP contribution in [0.4, 0.5) is 5.69 Å². The second kappa shape index (κ2) is 10.0. The number of benzene rings is 2. The Bertz CT molecular complexity index is 452. The summed E-state index contributed by atoms with van der Waals surface area (Å²) in [5.41, 5.74) is 7.61. The quantitative estimate of drug-likeness (QED) is 0.731. The predicted octanol–water partition coefficient (Wildman–Crippen LogP) is 5.42. The van der Waals surface area contributed by atoms with Crippen molar-refractivity contribution < 1.29 is 4.74 Å². The number of ether oxygens (including phenoxy) is 1. The van der Waals surface area contributed by atoms with E-state index in [4.69, 9.17) is 10.5 Å². The predicted molar refractivity (Wildman–Crippen MR) is 84.8 cm³/mol. The summed E-state index contributed by atoms with van der Waals surface area (Å²) in [6, 6.07) is 15.4. The van der Waals surface area contributed by atoms with E-state index in [2.05, 4.69) is 0 Å². The molecule has 2 aromatic carbocycles. The molecule has 0 aliphatic rings. The number of hydrogen-bond acceptors (Lipinski definition) is 2. The van der Waals surface area contributed by atoms with Gasteiger partial charge in [-0.2, -0.15) is 0 Å². The van der Waals surface area contributed by atoms with E-state index in [0.717, 1.165) is 22.7 Å². The SMILES string of the molecule is CC.CC.Cc1ccc(Oc2ccccc2)cc1N. The van der Waals surface area contributed by atoms with Crippen LogP contribution >= 0.6 is 0 Å². The largest absolute Gasteiger partial charge is 0.457 e. The molecule has 104 valence electrons. The molecular weight excluding hydrogens is 234 g/mol. The van der Waals surface area contributed by atoms with Gasteiger partial charge in [0, 0.05) is 11.8 Å². The molecule has 0 heterocycles. The zero-order valence-electron chi connectivity index (χ0n) is 12.6. The van der Waals surface area contributed by atoms with E-state index in [1.807, 2.05) is 83.1 Å². The zero-order valence-corrected chi connectivity index (χ0v) is 12.6. The lowest BCUT2D eigenvalue weighted by molar-refractivity contribution is 0.483. The summed E-state index contributed by atoms with van der Waals surface area (Å²) in [6.45, 7) is 9.97. The molecule has 0 saturated carbocycles. The van der Waals surface area contributed by atoms with Crippen LogP contribution in [0.15, 0.2) is 48.5 Å². The first kappa shape index (κ1) is 17.0. The Morgan fingerprint density at radius 2 is 1.37 bits per heavy atom. The van der Waals surface area contributed by atoms with Crippen LogP contribution in [0, 0.1) is 6.92 Å². The summed E-state index contributed by atoms with van der Waals surface area (Å²) >= 11 is 0. The minimum Gasteiger partial charge on any atom is -0.457 e. The highest BCUT2D eigenvalue weighted by Crippen LogP contribution is 2.24. The highest BCUT2D eigenvalue weighted by Gasteiger charge is 1.98. The van der Waals surface area contributed by atoms with E-state index in [1.165, 1.54) is 0 Å². The van der Waals surface area contributed by atoms with E-state index < -0.39 is 0 Å². The summed E-state index contributed by atoms with van der Waals surface area (Å²) < 4.78 is 5.63. The van der Waals surface area contributed by atoms with E-state index in [0.29, 0.717) is 0 Å². The molecule has 0 aliphatic carbocycles. The van der Waals surface area contributed by atoms with Crippen molar-refractivity contribution in [2.45, 2.75) is 34.6 Å². The normalized spacial score (nSPS) is 8.47. The van der Waals surface area contributed by atoms with Gasteiger partial charge in [0.1, 0.15) is 11.5 Å². The van der Waals surface area contributed by atoms with Gasteiger partial charge in [-0.25, -0.2) is 0 Å². The highest BCUT2D eigenvalue weighted by molar-refractivity contribution is 5.51. The molecule has 0 amide bonds. The fraction of sp³-hybridized carbons (Fsp3) is 0.294.